The molecule has 2 aromatic carbocycles. The average Bonchev–Trinajstić information content (AvgIpc) is 2.61. The van der Waals surface area contributed by atoms with Crippen LogP contribution in [0.25, 0.3) is 0 Å². The van der Waals surface area contributed by atoms with Crippen molar-refractivity contribution in [1.29, 1.82) is 0 Å². The number of anilines is 2. The second-order valence-electron chi connectivity index (χ2n) is 5.82. The molecule has 2 aromatic rings. The first-order valence-electron chi connectivity index (χ1n) is 8.49. The van der Waals surface area contributed by atoms with E-state index in [0.29, 0.717) is 12.3 Å². The van der Waals surface area contributed by atoms with Crippen LogP contribution in [0.15, 0.2) is 48.5 Å². The molecule has 2 amide bonds. The molecule has 0 aliphatic heterocycles. The maximum Gasteiger partial charge on any atom is 0.237 e. The molecule has 26 heavy (non-hydrogen) atoms. The Labute approximate surface area is 158 Å². The third-order valence-electron chi connectivity index (χ3n) is 3.57. The Morgan fingerprint density at radius 3 is 2.46 bits per heavy atom. The van der Waals surface area contributed by atoms with Crippen LogP contribution in [0.1, 0.15) is 19.4 Å². The van der Waals surface area contributed by atoms with Gasteiger partial charge in [-0.1, -0.05) is 12.1 Å². The third-order valence-corrected chi connectivity index (χ3v) is 4.71. The minimum atomic E-state index is -0.343. The fourth-order valence-corrected chi connectivity index (χ4v) is 2.93. The molecule has 0 radical (unpaired) electrons. The fraction of sp³-hybridized carbons (Fsp3) is 0.300. The Balaban J connectivity index is 1.78. The van der Waals surface area contributed by atoms with E-state index in [1.807, 2.05) is 50.2 Å². The summed E-state index contributed by atoms with van der Waals surface area (Å²) in [5.41, 5.74) is 2.55. The van der Waals surface area contributed by atoms with Gasteiger partial charge in [0.1, 0.15) is 5.75 Å². The van der Waals surface area contributed by atoms with Crippen LogP contribution in [-0.2, 0) is 9.59 Å². The molecule has 0 aliphatic rings. The van der Waals surface area contributed by atoms with Crippen LogP contribution in [0.3, 0.4) is 0 Å². The maximum atomic E-state index is 12.2. The molecule has 0 heterocycles. The predicted molar refractivity (Wildman–Crippen MR) is 108 cm³/mol. The van der Waals surface area contributed by atoms with Crippen LogP contribution in [0.2, 0.25) is 0 Å². The second-order valence-corrected chi connectivity index (χ2v) is 7.15. The largest absolute Gasteiger partial charge is 0.494 e. The van der Waals surface area contributed by atoms with Gasteiger partial charge in [0.05, 0.1) is 17.6 Å². The number of nitrogens with one attached hydrogen (secondary N) is 2. The molecule has 2 rings (SSSR count). The van der Waals surface area contributed by atoms with E-state index >= 15 is 0 Å². The third kappa shape index (κ3) is 6.44. The van der Waals surface area contributed by atoms with Crippen molar-refractivity contribution in [1.82, 2.24) is 0 Å². The van der Waals surface area contributed by atoms with E-state index < -0.39 is 0 Å². The highest BCUT2D eigenvalue weighted by molar-refractivity contribution is 8.01. The van der Waals surface area contributed by atoms with Crippen molar-refractivity contribution in [3.63, 3.8) is 0 Å². The Morgan fingerprint density at radius 2 is 1.81 bits per heavy atom. The van der Waals surface area contributed by atoms with Crippen molar-refractivity contribution in [2.24, 2.45) is 0 Å². The average molecular weight is 372 g/mol. The molecule has 0 saturated heterocycles. The van der Waals surface area contributed by atoms with Gasteiger partial charge in [-0.15, -0.1) is 11.8 Å². The van der Waals surface area contributed by atoms with E-state index in [9.17, 15) is 9.59 Å². The second kappa shape index (κ2) is 9.87. The number of benzene rings is 2. The van der Waals surface area contributed by atoms with Crippen LogP contribution >= 0.6 is 11.8 Å². The van der Waals surface area contributed by atoms with Gasteiger partial charge in [-0.05, 0) is 62.7 Å². The number of thioether (sulfide) groups is 1. The summed E-state index contributed by atoms with van der Waals surface area (Å²) in [5, 5.41) is 5.34. The lowest BCUT2D eigenvalue weighted by Crippen LogP contribution is -2.25. The number of carbonyl (C=O) groups excluding carboxylic acids is 2. The lowest BCUT2D eigenvalue weighted by atomic mass is 10.2. The molecule has 0 fully saturated rings. The normalized spacial score (nSPS) is 11.5. The van der Waals surface area contributed by atoms with E-state index in [1.165, 1.54) is 11.8 Å². The fourth-order valence-electron chi connectivity index (χ4n) is 2.24. The van der Waals surface area contributed by atoms with Crippen LogP contribution in [0.5, 0.6) is 5.75 Å². The number of ether oxygens (including phenoxy) is 1. The van der Waals surface area contributed by atoms with E-state index in [2.05, 4.69) is 10.6 Å². The number of carbonyl (C=O) groups is 2. The summed E-state index contributed by atoms with van der Waals surface area (Å²) in [4.78, 5) is 24.3. The van der Waals surface area contributed by atoms with Crippen LogP contribution < -0.4 is 15.4 Å². The lowest BCUT2D eigenvalue weighted by molar-refractivity contribution is -0.115. The van der Waals surface area contributed by atoms with Gasteiger partial charge in [-0.3, -0.25) is 9.59 Å². The number of amides is 2. The molecular formula is C20H24N2O3S. The monoisotopic (exact) mass is 372 g/mol. The molecule has 6 heteroatoms. The zero-order valence-corrected chi connectivity index (χ0v) is 16.1. The van der Waals surface area contributed by atoms with Gasteiger partial charge >= 0.3 is 0 Å². The first-order valence-corrected chi connectivity index (χ1v) is 9.54. The Morgan fingerprint density at radius 1 is 1.08 bits per heavy atom. The molecule has 0 spiro atoms. The smallest absolute Gasteiger partial charge is 0.237 e. The molecule has 138 valence electrons. The predicted octanol–water partition coefficient (Wildman–Crippen LogP) is 4.09. The number of hydrogen-bond donors (Lipinski definition) is 2. The molecule has 0 unspecified atom stereocenters. The van der Waals surface area contributed by atoms with Crippen LogP contribution in [0.4, 0.5) is 11.4 Å². The van der Waals surface area contributed by atoms with Gasteiger partial charge in [-0.2, -0.15) is 0 Å². The van der Waals surface area contributed by atoms with Crippen molar-refractivity contribution in [3.05, 3.63) is 54.1 Å². The Bertz CT molecular complexity index is 747. The molecule has 0 aliphatic carbocycles. The minimum Gasteiger partial charge on any atom is -0.494 e. The van der Waals surface area contributed by atoms with Gasteiger partial charge in [0, 0.05) is 11.4 Å². The van der Waals surface area contributed by atoms with E-state index in [-0.39, 0.29) is 22.8 Å². The maximum absolute atomic E-state index is 12.2. The zero-order valence-electron chi connectivity index (χ0n) is 15.2. The van der Waals surface area contributed by atoms with Crippen molar-refractivity contribution in [2.75, 3.05) is 23.0 Å². The highest BCUT2D eigenvalue weighted by Gasteiger charge is 2.15. The van der Waals surface area contributed by atoms with Gasteiger partial charge in [-0.25, -0.2) is 0 Å². The molecule has 0 saturated carbocycles. The summed E-state index contributed by atoms with van der Waals surface area (Å²) in [6, 6.07) is 14.8. The highest BCUT2D eigenvalue weighted by Crippen LogP contribution is 2.18. The molecule has 2 N–H and O–H groups in total. The van der Waals surface area contributed by atoms with Crippen molar-refractivity contribution < 1.29 is 14.3 Å². The van der Waals surface area contributed by atoms with Gasteiger partial charge in [0.25, 0.3) is 0 Å². The van der Waals surface area contributed by atoms with Crippen LogP contribution in [-0.4, -0.2) is 29.4 Å². The number of rotatable bonds is 8. The quantitative estimate of drug-likeness (QED) is 0.732. The van der Waals surface area contributed by atoms with Gasteiger partial charge in [0.2, 0.25) is 11.8 Å². The summed E-state index contributed by atoms with van der Waals surface area (Å²) in [6.07, 6.45) is 0. The number of hydrogen-bond acceptors (Lipinski definition) is 4. The first-order chi connectivity index (χ1) is 12.5. The first kappa shape index (κ1) is 19.8. The minimum absolute atomic E-state index is 0.124. The summed E-state index contributed by atoms with van der Waals surface area (Å²) in [6.45, 7) is 6.28. The summed E-state index contributed by atoms with van der Waals surface area (Å²) >= 11 is 1.30. The molecular weight excluding hydrogens is 348 g/mol. The topological polar surface area (TPSA) is 67.4 Å². The van der Waals surface area contributed by atoms with Crippen molar-refractivity contribution >= 4 is 35.0 Å². The molecule has 0 aromatic heterocycles. The Hall–Kier alpha value is -2.47. The van der Waals surface area contributed by atoms with Crippen molar-refractivity contribution in [3.8, 4) is 5.75 Å². The van der Waals surface area contributed by atoms with Crippen LogP contribution in [0, 0.1) is 6.92 Å². The standard InChI is InChI=1S/C20H24N2O3S/c1-4-25-18-10-8-16(9-11-18)22-20(24)15(3)26-13-19(23)21-17-7-5-6-14(2)12-17/h5-12,15H,4,13H2,1-3H3,(H,21,23)(H,22,24)/t15-/m0/s1. The van der Waals surface area contributed by atoms with E-state index in [4.69, 9.17) is 4.74 Å². The molecule has 0 bridgehead atoms. The summed E-state index contributed by atoms with van der Waals surface area (Å²) in [7, 11) is 0. The van der Waals surface area contributed by atoms with Crippen molar-refractivity contribution in [2.45, 2.75) is 26.0 Å². The number of aryl methyl sites for hydroxylation is 1. The van der Waals surface area contributed by atoms with E-state index in [0.717, 1.165) is 17.0 Å². The Kier molecular flexibility index (Phi) is 7.53. The highest BCUT2D eigenvalue weighted by atomic mass is 32.2. The SMILES string of the molecule is CCOc1ccc(NC(=O)[C@H](C)SCC(=O)Nc2cccc(C)c2)cc1. The van der Waals surface area contributed by atoms with Gasteiger partial charge < -0.3 is 15.4 Å². The molecule has 5 nitrogen and oxygen atoms in total. The summed E-state index contributed by atoms with van der Waals surface area (Å²) in [5.74, 6) is 0.718. The molecule has 1 atom stereocenters. The van der Waals surface area contributed by atoms with Gasteiger partial charge in [0.15, 0.2) is 0 Å². The zero-order chi connectivity index (χ0) is 18.9. The summed E-state index contributed by atoms with van der Waals surface area (Å²) < 4.78 is 5.37. The lowest BCUT2D eigenvalue weighted by Gasteiger charge is -2.13. The van der Waals surface area contributed by atoms with E-state index in [1.54, 1.807) is 19.1 Å².